The van der Waals surface area contributed by atoms with Crippen molar-refractivity contribution in [2.75, 3.05) is 19.7 Å². The molecule has 0 aliphatic carbocycles. The summed E-state index contributed by atoms with van der Waals surface area (Å²) < 4.78 is 5.44. The highest BCUT2D eigenvalue weighted by Gasteiger charge is 2.36. The zero-order chi connectivity index (χ0) is 28.3. The SMILES string of the molecule is CCCCNC(=O)C(c1cc(C)ccc1C)N(CCO)C(=O)C(Cc1ccccc1)NC(=O)OC(C)(C)C. The van der Waals surface area contributed by atoms with Gasteiger partial charge >= 0.3 is 6.09 Å². The number of nitrogens with zero attached hydrogens (tertiary/aromatic N) is 1. The normalized spacial score (nSPS) is 12.8. The molecule has 0 spiro atoms. The number of unbranched alkanes of at least 4 members (excludes halogenated alkanes) is 1. The van der Waals surface area contributed by atoms with Crippen molar-refractivity contribution in [1.29, 1.82) is 0 Å². The summed E-state index contributed by atoms with van der Waals surface area (Å²) in [6.45, 7) is 11.1. The molecule has 0 saturated heterocycles. The minimum absolute atomic E-state index is 0.0840. The molecule has 0 radical (unpaired) electrons. The minimum Gasteiger partial charge on any atom is -0.444 e. The molecule has 2 atom stereocenters. The van der Waals surface area contributed by atoms with Crippen LogP contribution in [0.5, 0.6) is 0 Å². The number of aryl methyl sites for hydroxylation is 2. The second kappa shape index (κ2) is 14.5. The highest BCUT2D eigenvalue weighted by atomic mass is 16.6. The summed E-state index contributed by atoms with van der Waals surface area (Å²) in [6, 6.07) is 13.1. The molecule has 3 N–H and O–H groups in total. The van der Waals surface area contributed by atoms with Crippen molar-refractivity contribution >= 4 is 17.9 Å². The molecule has 2 aromatic carbocycles. The summed E-state index contributed by atoms with van der Waals surface area (Å²) in [6.07, 6.45) is 1.17. The molecule has 0 heterocycles. The summed E-state index contributed by atoms with van der Waals surface area (Å²) in [5.41, 5.74) is 2.55. The molecular formula is C30H43N3O5. The molecule has 3 amide bonds. The van der Waals surface area contributed by atoms with Crippen LogP contribution in [0.25, 0.3) is 0 Å². The number of hydrogen-bond donors (Lipinski definition) is 3. The van der Waals surface area contributed by atoms with Gasteiger partial charge in [-0.05, 0) is 57.7 Å². The average molecular weight is 526 g/mol. The summed E-state index contributed by atoms with van der Waals surface area (Å²) in [4.78, 5) is 41.9. The van der Waals surface area contributed by atoms with E-state index in [4.69, 9.17) is 4.74 Å². The number of alkyl carbamates (subject to hydrolysis) is 1. The van der Waals surface area contributed by atoms with Gasteiger partial charge in [0.2, 0.25) is 11.8 Å². The number of nitrogens with one attached hydrogen (secondary N) is 2. The minimum atomic E-state index is -1.02. The van der Waals surface area contributed by atoms with E-state index in [0.29, 0.717) is 12.1 Å². The Morgan fingerprint density at radius 3 is 2.34 bits per heavy atom. The Hall–Kier alpha value is -3.39. The summed E-state index contributed by atoms with van der Waals surface area (Å²) >= 11 is 0. The average Bonchev–Trinajstić information content (AvgIpc) is 2.84. The van der Waals surface area contributed by atoms with E-state index in [2.05, 4.69) is 10.6 Å². The smallest absolute Gasteiger partial charge is 0.408 e. The Balaban J connectivity index is 2.53. The van der Waals surface area contributed by atoms with E-state index in [1.54, 1.807) is 20.8 Å². The van der Waals surface area contributed by atoms with Crippen molar-refractivity contribution in [3.63, 3.8) is 0 Å². The van der Waals surface area contributed by atoms with Crippen LogP contribution in [0.4, 0.5) is 4.79 Å². The predicted molar refractivity (Wildman–Crippen MR) is 149 cm³/mol. The van der Waals surface area contributed by atoms with E-state index in [0.717, 1.165) is 29.5 Å². The number of benzene rings is 2. The maximum atomic E-state index is 14.1. The number of carbonyl (C=O) groups excluding carboxylic acids is 3. The Bertz CT molecular complexity index is 1070. The van der Waals surface area contributed by atoms with Gasteiger partial charge in [0, 0.05) is 19.5 Å². The molecule has 0 bridgehead atoms. The molecule has 0 saturated carbocycles. The largest absolute Gasteiger partial charge is 0.444 e. The lowest BCUT2D eigenvalue weighted by Gasteiger charge is -2.35. The van der Waals surface area contributed by atoms with Gasteiger partial charge in [0.1, 0.15) is 17.7 Å². The van der Waals surface area contributed by atoms with Gasteiger partial charge in [-0.1, -0.05) is 67.4 Å². The fraction of sp³-hybridized carbons (Fsp3) is 0.500. The summed E-state index contributed by atoms with van der Waals surface area (Å²) in [5, 5.41) is 15.6. The first-order valence-electron chi connectivity index (χ1n) is 13.3. The Morgan fingerprint density at radius 1 is 1.05 bits per heavy atom. The van der Waals surface area contributed by atoms with Crippen molar-refractivity contribution in [2.45, 2.75) is 78.5 Å². The molecule has 2 rings (SSSR count). The molecule has 8 nitrogen and oxygen atoms in total. The molecule has 2 aromatic rings. The molecule has 208 valence electrons. The van der Waals surface area contributed by atoms with E-state index >= 15 is 0 Å². The van der Waals surface area contributed by atoms with Crippen molar-refractivity contribution in [2.24, 2.45) is 0 Å². The van der Waals surface area contributed by atoms with Crippen molar-refractivity contribution in [1.82, 2.24) is 15.5 Å². The quantitative estimate of drug-likeness (QED) is 0.360. The van der Waals surface area contributed by atoms with Gasteiger partial charge in [0.05, 0.1) is 6.61 Å². The maximum Gasteiger partial charge on any atom is 0.408 e. The van der Waals surface area contributed by atoms with E-state index in [-0.39, 0.29) is 25.5 Å². The first-order valence-corrected chi connectivity index (χ1v) is 13.3. The third kappa shape index (κ3) is 9.49. The lowest BCUT2D eigenvalue weighted by Crippen LogP contribution is -2.54. The molecular weight excluding hydrogens is 482 g/mol. The van der Waals surface area contributed by atoms with Crippen LogP contribution in [0.1, 0.15) is 68.8 Å². The van der Waals surface area contributed by atoms with Gasteiger partial charge in [-0.3, -0.25) is 9.59 Å². The van der Waals surface area contributed by atoms with Crippen molar-refractivity contribution in [3.05, 3.63) is 70.8 Å². The standard InChI is InChI=1S/C30H43N3O5/c1-7-8-16-31-27(35)26(24-19-21(2)14-15-22(24)3)33(17-18-34)28(36)25(20-23-12-10-9-11-13-23)32-29(37)38-30(4,5)6/h9-15,19,25-26,34H,7-8,16-18,20H2,1-6H3,(H,31,35)(H,32,37). The van der Waals surface area contributed by atoms with Crippen LogP contribution >= 0.6 is 0 Å². The molecule has 0 aliphatic heterocycles. The number of ether oxygens (including phenoxy) is 1. The van der Waals surface area contributed by atoms with Gasteiger partial charge in [0.25, 0.3) is 0 Å². The highest BCUT2D eigenvalue weighted by Crippen LogP contribution is 2.27. The molecule has 2 unspecified atom stereocenters. The molecule has 8 heteroatoms. The number of rotatable bonds is 12. The number of aliphatic hydroxyl groups excluding tert-OH is 1. The lowest BCUT2D eigenvalue weighted by atomic mass is 9.95. The van der Waals surface area contributed by atoms with Crippen LogP contribution in [0.2, 0.25) is 0 Å². The van der Waals surface area contributed by atoms with Gasteiger partial charge in [-0.2, -0.15) is 0 Å². The fourth-order valence-electron chi connectivity index (χ4n) is 4.16. The topological polar surface area (TPSA) is 108 Å². The van der Waals surface area contributed by atoms with Gasteiger partial charge in [0.15, 0.2) is 0 Å². The highest BCUT2D eigenvalue weighted by molar-refractivity contribution is 5.92. The second-order valence-electron chi connectivity index (χ2n) is 10.6. The van der Waals surface area contributed by atoms with Crippen LogP contribution in [-0.2, 0) is 20.7 Å². The van der Waals surface area contributed by atoms with E-state index in [1.165, 1.54) is 4.90 Å². The van der Waals surface area contributed by atoms with Gasteiger partial charge in [-0.25, -0.2) is 4.79 Å². The first kappa shape index (κ1) is 30.8. The van der Waals surface area contributed by atoms with Crippen LogP contribution in [-0.4, -0.2) is 59.3 Å². The van der Waals surface area contributed by atoms with Crippen LogP contribution < -0.4 is 10.6 Å². The monoisotopic (exact) mass is 525 g/mol. The number of carbonyl (C=O) groups is 3. The Labute approximate surface area is 226 Å². The van der Waals surface area contributed by atoms with Crippen LogP contribution in [0, 0.1) is 13.8 Å². The predicted octanol–water partition coefficient (Wildman–Crippen LogP) is 4.22. The lowest BCUT2D eigenvalue weighted by molar-refractivity contribution is -0.143. The number of hydrogen-bond acceptors (Lipinski definition) is 5. The summed E-state index contributed by atoms with van der Waals surface area (Å²) in [5.74, 6) is -0.810. The molecule has 0 fully saturated rings. The Kier molecular flexibility index (Phi) is 11.8. The van der Waals surface area contributed by atoms with Crippen molar-refractivity contribution < 1.29 is 24.2 Å². The van der Waals surface area contributed by atoms with Crippen LogP contribution in [0.3, 0.4) is 0 Å². The zero-order valence-corrected chi connectivity index (χ0v) is 23.5. The molecule has 38 heavy (non-hydrogen) atoms. The van der Waals surface area contributed by atoms with Gasteiger partial charge in [-0.15, -0.1) is 0 Å². The van der Waals surface area contributed by atoms with E-state index in [1.807, 2.05) is 69.3 Å². The van der Waals surface area contributed by atoms with Gasteiger partial charge < -0.3 is 25.4 Å². The van der Waals surface area contributed by atoms with Crippen LogP contribution in [0.15, 0.2) is 48.5 Å². The third-order valence-corrected chi connectivity index (χ3v) is 6.01. The third-order valence-electron chi connectivity index (χ3n) is 6.01. The maximum absolute atomic E-state index is 14.1. The zero-order valence-electron chi connectivity index (χ0n) is 23.5. The number of aliphatic hydroxyl groups is 1. The van der Waals surface area contributed by atoms with Crippen molar-refractivity contribution in [3.8, 4) is 0 Å². The molecule has 0 aliphatic rings. The summed E-state index contributed by atoms with van der Waals surface area (Å²) in [7, 11) is 0. The first-order chi connectivity index (χ1) is 18.0. The molecule has 0 aromatic heterocycles. The number of amides is 3. The van der Waals surface area contributed by atoms with E-state index in [9.17, 15) is 19.5 Å². The fourth-order valence-corrected chi connectivity index (χ4v) is 4.16. The van der Waals surface area contributed by atoms with E-state index < -0.39 is 29.7 Å². The second-order valence-corrected chi connectivity index (χ2v) is 10.6. The Morgan fingerprint density at radius 2 is 1.74 bits per heavy atom.